The molecule has 0 saturated carbocycles. The van der Waals surface area contributed by atoms with Crippen LogP contribution in [0.4, 0.5) is 0 Å². The first-order valence-corrected chi connectivity index (χ1v) is 9.61. The minimum atomic E-state index is 0.289. The highest BCUT2D eigenvalue weighted by atomic mass is 16.3. The van der Waals surface area contributed by atoms with Crippen LogP contribution in [0.25, 0.3) is 22.0 Å². The molecule has 3 fully saturated rings. The first-order chi connectivity index (χ1) is 12.7. The van der Waals surface area contributed by atoms with Crippen molar-refractivity contribution in [3.8, 4) is 11.3 Å². The molecule has 4 heterocycles. The number of hydrogen-bond donors (Lipinski definition) is 1. The molecule has 4 unspecified atom stereocenters. The minimum Gasteiger partial charge on any atom is -0.395 e. The molecule has 3 aromatic rings. The Labute approximate surface area is 154 Å². The molecule has 2 bridgehead atoms. The monoisotopic (exact) mass is 347 g/mol. The quantitative estimate of drug-likeness (QED) is 0.789. The van der Waals surface area contributed by atoms with Gasteiger partial charge in [0.05, 0.1) is 12.3 Å². The van der Waals surface area contributed by atoms with E-state index < -0.39 is 0 Å². The Kier molecular flexibility index (Phi) is 3.84. The highest BCUT2D eigenvalue weighted by Gasteiger charge is 2.41. The van der Waals surface area contributed by atoms with E-state index in [9.17, 15) is 5.11 Å². The molecule has 134 valence electrons. The first-order valence-electron chi connectivity index (χ1n) is 9.61. The van der Waals surface area contributed by atoms with Crippen molar-refractivity contribution in [3.05, 3.63) is 54.2 Å². The Morgan fingerprint density at radius 3 is 2.73 bits per heavy atom. The summed E-state index contributed by atoms with van der Waals surface area (Å²) in [7, 11) is 2.07. The van der Waals surface area contributed by atoms with Gasteiger partial charge in [-0.15, -0.1) is 0 Å². The van der Waals surface area contributed by atoms with E-state index in [2.05, 4.69) is 65.2 Å². The Balaban J connectivity index is 1.48. The lowest BCUT2D eigenvalue weighted by atomic mass is 9.74. The van der Waals surface area contributed by atoms with Gasteiger partial charge in [-0.25, -0.2) is 0 Å². The van der Waals surface area contributed by atoms with Crippen LogP contribution in [-0.2, 0) is 7.05 Å². The number of benzene rings is 2. The van der Waals surface area contributed by atoms with Gasteiger partial charge in [-0.05, 0) is 48.2 Å². The van der Waals surface area contributed by atoms with Crippen molar-refractivity contribution in [2.75, 3.05) is 19.7 Å². The molecule has 0 radical (unpaired) electrons. The number of rotatable bonds is 3. The number of piperidine rings is 3. The van der Waals surface area contributed by atoms with E-state index in [4.69, 9.17) is 5.10 Å². The van der Waals surface area contributed by atoms with Crippen molar-refractivity contribution in [1.82, 2.24) is 14.7 Å². The summed E-state index contributed by atoms with van der Waals surface area (Å²) in [6.45, 7) is 2.46. The lowest BCUT2D eigenvalue weighted by molar-refractivity contribution is 0.00105. The largest absolute Gasteiger partial charge is 0.395 e. The van der Waals surface area contributed by atoms with E-state index in [1.807, 2.05) is 0 Å². The molecule has 4 heteroatoms. The number of hydrogen-bond acceptors (Lipinski definition) is 3. The van der Waals surface area contributed by atoms with Crippen LogP contribution in [0.2, 0.25) is 0 Å². The Morgan fingerprint density at radius 2 is 1.96 bits per heavy atom. The van der Waals surface area contributed by atoms with Gasteiger partial charge in [-0.3, -0.25) is 9.58 Å². The maximum absolute atomic E-state index is 9.60. The SMILES string of the molecule is Cn1nc(-c2ccc3ccccc3c2)cc1C1CN2CCC1CC2CO. The number of fused-ring (bicyclic) bond motifs is 4. The molecule has 4 nitrogen and oxygen atoms in total. The van der Waals surface area contributed by atoms with Crippen LogP contribution in [0.1, 0.15) is 24.5 Å². The van der Waals surface area contributed by atoms with Crippen LogP contribution < -0.4 is 0 Å². The molecular formula is C22H25N3O. The zero-order valence-corrected chi connectivity index (χ0v) is 15.2. The van der Waals surface area contributed by atoms with Gasteiger partial charge in [-0.2, -0.15) is 5.10 Å². The molecule has 3 aliphatic heterocycles. The molecule has 4 atom stereocenters. The topological polar surface area (TPSA) is 41.3 Å². The number of aliphatic hydroxyl groups excluding tert-OH is 1. The molecule has 3 aliphatic rings. The zero-order valence-electron chi connectivity index (χ0n) is 15.2. The van der Waals surface area contributed by atoms with Crippen molar-refractivity contribution < 1.29 is 5.11 Å². The maximum atomic E-state index is 9.60. The van der Waals surface area contributed by atoms with Crippen molar-refractivity contribution in [2.24, 2.45) is 13.0 Å². The minimum absolute atomic E-state index is 0.289. The van der Waals surface area contributed by atoms with Crippen molar-refractivity contribution in [3.63, 3.8) is 0 Å². The lowest BCUT2D eigenvalue weighted by Gasteiger charge is -2.49. The summed E-state index contributed by atoms with van der Waals surface area (Å²) in [4.78, 5) is 2.47. The highest BCUT2D eigenvalue weighted by molar-refractivity contribution is 5.86. The summed E-state index contributed by atoms with van der Waals surface area (Å²) >= 11 is 0. The molecule has 6 rings (SSSR count). The van der Waals surface area contributed by atoms with Gasteiger partial charge in [0.2, 0.25) is 0 Å². The fourth-order valence-electron chi connectivity index (χ4n) is 4.98. The Bertz CT molecular complexity index is 947. The second-order valence-electron chi connectivity index (χ2n) is 7.86. The summed E-state index contributed by atoms with van der Waals surface area (Å²) in [6, 6.07) is 17.7. The third kappa shape index (κ3) is 2.56. The summed E-state index contributed by atoms with van der Waals surface area (Å²) in [5, 5.41) is 17.0. The van der Waals surface area contributed by atoms with Crippen LogP contribution in [0.15, 0.2) is 48.5 Å². The lowest BCUT2D eigenvalue weighted by Crippen LogP contribution is -2.53. The molecular weight excluding hydrogens is 322 g/mol. The van der Waals surface area contributed by atoms with Crippen LogP contribution >= 0.6 is 0 Å². The maximum Gasteiger partial charge on any atom is 0.0926 e. The number of aliphatic hydroxyl groups is 1. The zero-order chi connectivity index (χ0) is 17.7. The van der Waals surface area contributed by atoms with E-state index in [0.717, 1.165) is 25.2 Å². The standard InChI is InChI=1S/C22H25N3O/c1-24-22(20-13-25-9-8-17(20)11-19(25)14-26)12-21(23-24)18-7-6-15-4-2-3-5-16(15)10-18/h2-7,10,12,17,19-20,26H,8-9,11,13-14H2,1H3. The van der Waals surface area contributed by atoms with Crippen molar-refractivity contribution in [2.45, 2.75) is 24.8 Å². The fraction of sp³-hybridized carbons (Fsp3) is 0.409. The van der Waals surface area contributed by atoms with Gasteiger partial charge in [0.15, 0.2) is 0 Å². The molecule has 1 aromatic heterocycles. The molecule has 0 amide bonds. The first kappa shape index (κ1) is 16.0. The second kappa shape index (κ2) is 6.22. The number of aryl methyl sites for hydroxylation is 1. The van der Waals surface area contributed by atoms with Gasteiger partial charge >= 0.3 is 0 Å². The third-order valence-electron chi connectivity index (χ3n) is 6.43. The summed E-state index contributed by atoms with van der Waals surface area (Å²) in [5.74, 6) is 1.19. The molecule has 2 aromatic carbocycles. The van der Waals surface area contributed by atoms with Gasteiger partial charge in [0, 0.05) is 36.8 Å². The average Bonchev–Trinajstić information content (AvgIpc) is 3.09. The van der Waals surface area contributed by atoms with Gasteiger partial charge < -0.3 is 5.11 Å². The molecule has 0 spiro atoms. The van der Waals surface area contributed by atoms with Gasteiger partial charge in [0.25, 0.3) is 0 Å². The molecule has 3 saturated heterocycles. The Morgan fingerprint density at radius 1 is 1.12 bits per heavy atom. The van der Waals surface area contributed by atoms with Crippen molar-refractivity contribution >= 4 is 10.8 Å². The highest BCUT2D eigenvalue weighted by Crippen LogP contribution is 2.42. The van der Waals surface area contributed by atoms with Gasteiger partial charge in [-0.1, -0.05) is 36.4 Å². The van der Waals surface area contributed by atoms with Crippen LogP contribution in [0.3, 0.4) is 0 Å². The average molecular weight is 347 g/mol. The van der Waals surface area contributed by atoms with E-state index in [0.29, 0.717) is 17.9 Å². The summed E-state index contributed by atoms with van der Waals surface area (Å²) < 4.78 is 2.07. The van der Waals surface area contributed by atoms with Crippen molar-refractivity contribution in [1.29, 1.82) is 0 Å². The Hall–Kier alpha value is -2.17. The summed E-state index contributed by atoms with van der Waals surface area (Å²) in [5.41, 5.74) is 3.57. The predicted molar refractivity (Wildman–Crippen MR) is 104 cm³/mol. The summed E-state index contributed by atoms with van der Waals surface area (Å²) in [6.07, 6.45) is 2.34. The molecule has 26 heavy (non-hydrogen) atoms. The molecule has 1 N–H and O–H groups in total. The normalized spacial score (nSPS) is 27.9. The van der Waals surface area contributed by atoms with Crippen LogP contribution in [0.5, 0.6) is 0 Å². The smallest absolute Gasteiger partial charge is 0.0926 e. The predicted octanol–water partition coefficient (Wildman–Crippen LogP) is 3.41. The van der Waals surface area contributed by atoms with Crippen LogP contribution in [0, 0.1) is 5.92 Å². The third-order valence-corrected chi connectivity index (χ3v) is 6.43. The van der Waals surface area contributed by atoms with E-state index in [-0.39, 0.29) is 6.61 Å². The molecule has 0 aliphatic carbocycles. The number of nitrogens with zero attached hydrogens (tertiary/aromatic N) is 3. The van der Waals surface area contributed by atoms with E-state index in [1.54, 1.807) is 0 Å². The van der Waals surface area contributed by atoms with E-state index >= 15 is 0 Å². The van der Waals surface area contributed by atoms with E-state index in [1.165, 1.54) is 28.5 Å². The van der Waals surface area contributed by atoms with Gasteiger partial charge in [0.1, 0.15) is 0 Å². The fourth-order valence-corrected chi connectivity index (χ4v) is 4.98. The number of aromatic nitrogens is 2. The second-order valence-corrected chi connectivity index (χ2v) is 7.86. The van der Waals surface area contributed by atoms with Crippen LogP contribution in [-0.4, -0.2) is 45.5 Å².